The molecule has 0 saturated carbocycles. The number of hydrogen-bond acceptors (Lipinski definition) is 3. The van der Waals surface area contributed by atoms with Gasteiger partial charge in [-0.3, -0.25) is 14.5 Å². The molecule has 2 unspecified atom stereocenters. The van der Waals surface area contributed by atoms with E-state index in [9.17, 15) is 14.7 Å². The third-order valence-corrected chi connectivity index (χ3v) is 2.86. The van der Waals surface area contributed by atoms with Crippen LogP contribution in [0.1, 0.15) is 39.5 Å². The van der Waals surface area contributed by atoms with E-state index in [0.717, 1.165) is 6.42 Å². The lowest BCUT2D eigenvalue weighted by Crippen LogP contribution is -2.31. The van der Waals surface area contributed by atoms with E-state index in [2.05, 4.69) is 0 Å². The number of carbonyl (C=O) groups is 2. The van der Waals surface area contributed by atoms with Crippen molar-refractivity contribution in [2.24, 2.45) is 5.92 Å². The normalized spacial score (nSPS) is 23.7. The molecule has 2 amide bonds. The van der Waals surface area contributed by atoms with Crippen molar-refractivity contribution in [2.45, 2.75) is 45.6 Å². The second-order valence-electron chi connectivity index (χ2n) is 4.19. The number of hydrogen-bond donors (Lipinski definition) is 1. The number of rotatable bonds is 5. The van der Waals surface area contributed by atoms with Gasteiger partial charge < -0.3 is 5.11 Å². The fraction of sp³-hybridized carbons (Fsp3) is 0.818. The second-order valence-corrected chi connectivity index (χ2v) is 4.19. The van der Waals surface area contributed by atoms with Crippen LogP contribution in [0, 0.1) is 5.92 Å². The molecular weight excluding hydrogens is 194 g/mol. The van der Waals surface area contributed by atoms with Crippen LogP contribution in [0.4, 0.5) is 0 Å². The maximum atomic E-state index is 11.5. The molecule has 1 heterocycles. The Hall–Kier alpha value is -0.900. The van der Waals surface area contributed by atoms with Crippen LogP contribution in [0.5, 0.6) is 0 Å². The highest BCUT2D eigenvalue weighted by Crippen LogP contribution is 2.19. The minimum atomic E-state index is -0.310. The average molecular weight is 213 g/mol. The molecule has 1 aliphatic heterocycles. The Morgan fingerprint density at radius 1 is 1.53 bits per heavy atom. The van der Waals surface area contributed by atoms with E-state index in [1.807, 2.05) is 6.92 Å². The molecule has 15 heavy (non-hydrogen) atoms. The average Bonchev–Trinajstić information content (AvgIpc) is 2.44. The van der Waals surface area contributed by atoms with E-state index >= 15 is 0 Å². The summed E-state index contributed by atoms with van der Waals surface area (Å²) in [6.07, 6.45) is 2.10. The van der Waals surface area contributed by atoms with Gasteiger partial charge in [0, 0.05) is 18.9 Å². The van der Waals surface area contributed by atoms with Crippen molar-refractivity contribution in [1.82, 2.24) is 4.90 Å². The van der Waals surface area contributed by atoms with Crippen molar-refractivity contribution in [3.63, 3.8) is 0 Å². The molecule has 86 valence electrons. The van der Waals surface area contributed by atoms with Crippen molar-refractivity contribution in [3.8, 4) is 0 Å². The lowest BCUT2D eigenvalue weighted by atomic mass is 10.1. The Bertz CT molecular complexity index is 252. The summed E-state index contributed by atoms with van der Waals surface area (Å²) >= 11 is 0. The summed E-state index contributed by atoms with van der Waals surface area (Å²) < 4.78 is 0. The van der Waals surface area contributed by atoms with Crippen LogP contribution in [-0.2, 0) is 9.59 Å². The highest BCUT2D eigenvalue weighted by Gasteiger charge is 2.34. The van der Waals surface area contributed by atoms with Crippen LogP contribution >= 0.6 is 0 Å². The fourth-order valence-corrected chi connectivity index (χ4v) is 1.77. The summed E-state index contributed by atoms with van der Waals surface area (Å²) in [6.45, 7) is 4.15. The Morgan fingerprint density at radius 2 is 2.20 bits per heavy atom. The van der Waals surface area contributed by atoms with Gasteiger partial charge >= 0.3 is 0 Å². The van der Waals surface area contributed by atoms with Gasteiger partial charge in [-0.15, -0.1) is 0 Å². The van der Waals surface area contributed by atoms with Gasteiger partial charge in [-0.1, -0.05) is 13.8 Å². The quantitative estimate of drug-likeness (QED) is 0.691. The number of carbonyl (C=O) groups excluding carboxylic acids is 2. The molecule has 0 radical (unpaired) electrons. The zero-order valence-corrected chi connectivity index (χ0v) is 9.40. The maximum Gasteiger partial charge on any atom is 0.232 e. The van der Waals surface area contributed by atoms with E-state index < -0.39 is 0 Å². The Balaban J connectivity index is 2.32. The van der Waals surface area contributed by atoms with Gasteiger partial charge in [0.1, 0.15) is 0 Å². The molecule has 1 rings (SSSR count). The van der Waals surface area contributed by atoms with Crippen LogP contribution < -0.4 is 0 Å². The molecular formula is C11H19NO3. The standard InChI is InChI=1S/C11H19NO3/c1-3-9(13)5-4-6-12-10(14)7-8(2)11(12)15/h8-9,13H,3-7H2,1-2H3. The molecule has 0 aliphatic carbocycles. The van der Waals surface area contributed by atoms with Crippen LogP contribution in [0.3, 0.4) is 0 Å². The lowest BCUT2D eigenvalue weighted by Gasteiger charge is -2.15. The largest absolute Gasteiger partial charge is 0.393 e. The molecule has 1 fully saturated rings. The van der Waals surface area contributed by atoms with Gasteiger partial charge in [0.25, 0.3) is 0 Å². The second kappa shape index (κ2) is 5.26. The number of aliphatic hydroxyl groups is 1. The predicted octanol–water partition coefficient (Wildman–Crippen LogP) is 0.932. The van der Waals surface area contributed by atoms with Gasteiger partial charge in [-0.2, -0.15) is 0 Å². The zero-order valence-electron chi connectivity index (χ0n) is 9.40. The highest BCUT2D eigenvalue weighted by atomic mass is 16.3. The summed E-state index contributed by atoms with van der Waals surface area (Å²) in [6, 6.07) is 0. The SMILES string of the molecule is CCC(O)CCCN1C(=O)CC(C)C1=O. The Labute approximate surface area is 90.3 Å². The molecule has 1 N–H and O–H groups in total. The van der Waals surface area contributed by atoms with E-state index in [0.29, 0.717) is 25.8 Å². The first-order valence-corrected chi connectivity index (χ1v) is 5.58. The van der Waals surface area contributed by atoms with Gasteiger partial charge in [-0.05, 0) is 19.3 Å². The Morgan fingerprint density at radius 3 is 2.67 bits per heavy atom. The van der Waals surface area contributed by atoms with E-state index in [4.69, 9.17) is 0 Å². The third-order valence-electron chi connectivity index (χ3n) is 2.86. The molecule has 0 aromatic carbocycles. The molecule has 0 aromatic heterocycles. The minimum absolute atomic E-state index is 0.0639. The molecule has 1 saturated heterocycles. The maximum absolute atomic E-state index is 11.5. The summed E-state index contributed by atoms with van der Waals surface area (Å²) in [5.74, 6) is -0.293. The predicted molar refractivity (Wildman–Crippen MR) is 56.0 cm³/mol. The monoisotopic (exact) mass is 213 g/mol. The van der Waals surface area contributed by atoms with Gasteiger partial charge in [0.05, 0.1) is 6.10 Å². The van der Waals surface area contributed by atoms with Crippen LogP contribution in [0.2, 0.25) is 0 Å². The van der Waals surface area contributed by atoms with Crippen molar-refractivity contribution >= 4 is 11.8 Å². The molecule has 0 aromatic rings. The number of likely N-dealkylation sites (tertiary alicyclic amines) is 1. The first kappa shape index (κ1) is 12.2. The molecule has 4 nitrogen and oxygen atoms in total. The van der Waals surface area contributed by atoms with Crippen LogP contribution in [-0.4, -0.2) is 34.5 Å². The topological polar surface area (TPSA) is 57.6 Å². The number of imide groups is 1. The molecule has 0 bridgehead atoms. The number of amides is 2. The van der Waals surface area contributed by atoms with Crippen LogP contribution in [0.15, 0.2) is 0 Å². The molecule has 0 spiro atoms. The number of aliphatic hydroxyl groups excluding tert-OH is 1. The third kappa shape index (κ3) is 3.02. The summed E-state index contributed by atoms with van der Waals surface area (Å²) in [4.78, 5) is 24.2. The van der Waals surface area contributed by atoms with Gasteiger partial charge in [0.2, 0.25) is 11.8 Å². The summed E-state index contributed by atoms with van der Waals surface area (Å²) in [5, 5.41) is 9.33. The van der Waals surface area contributed by atoms with Crippen molar-refractivity contribution < 1.29 is 14.7 Å². The fourth-order valence-electron chi connectivity index (χ4n) is 1.77. The van der Waals surface area contributed by atoms with E-state index in [1.54, 1.807) is 6.92 Å². The van der Waals surface area contributed by atoms with Crippen LogP contribution in [0.25, 0.3) is 0 Å². The van der Waals surface area contributed by atoms with Gasteiger partial charge in [-0.25, -0.2) is 0 Å². The van der Waals surface area contributed by atoms with Crippen molar-refractivity contribution in [2.75, 3.05) is 6.54 Å². The first-order chi connectivity index (χ1) is 7.06. The summed E-state index contributed by atoms with van der Waals surface area (Å²) in [7, 11) is 0. The summed E-state index contributed by atoms with van der Waals surface area (Å²) in [5.41, 5.74) is 0. The molecule has 4 heteroatoms. The minimum Gasteiger partial charge on any atom is -0.393 e. The molecule has 2 atom stereocenters. The van der Waals surface area contributed by atoms with Gasteiger partial charge in [0.15, 0.2) is 0 Å². The van der Waals surface area contributed by atoms with E-state index in [1.165, 1.54) is 4.90 Å². The zero-order chi connectivity index (χ0) is 11.4. The lowest BCUT2D eigenvalue weighted by molar-refractivity contribution is -0.139. The smallest absolute Gasteiger partial charge is 0.232 e. The van der Waals surface area contributed by atoms with Crippen molar-refractivity contribution in [3.05, 3.63) is 0 Å². The van der Waals surface area contributed by atoms with E-state index in [-0.39, 0.29) is 23.8 Å². The van der Waals surface area contributed by atoms with Crippen molar-refractivity contribution in [1.29, 1.82) is 0 Å². The molecule has 1 aliphatic rings. The first-order valence-electron chi connectivity index (χ1n) is 5.58. The number of nitrogens with zero attached hydrogens (tertiary/aromatic N) is 1. The Kier molecular flexibility index (Phi) is 4.27. The highest BCUT2D eigenvalue weighted by molar-refractivity contribution is 6.03.